The first-order valence-electron chi connectivity index (χ1n) is 10.7. The molecule has 0 fully saturated rings. The van der Waals surface area contributed by atoms with Gasteiger partial charge in [-0.3, -0.25) is 4.79 Å². The van der Waals surface area contributed by atoms with Crippen LogP contribution in [0.2, 0.25) is 0 Å². The number of carbonyl (C=O) groups is 1. The summed E-state index contributed by atoms with van der Waals surface area (Å²) in [5.41, 5.74) is 7.07. The Morgan fingerprint density at radius 1 is 1.03 bits per heavy atom. The molecule has 1 N–H and O–H groups in total. The minimum Gasteiger partial charge on any atom is -0.454 e. The van der Waals surface area contributed by atoms with Gasteiger partial charge in [-0.2, -0.15) is 5.10 Å². The molecule has 0 saturated carbocycles. The largest absolute Gasteiger partial charge is 0.454 e. The predicted molar refractivity (Wildman–Crippen MR) is 117 cm³/mol. The van der Waals surface area contributed by atoms with Crippen molar-refractivity contribution >= 4 is 11.6 Å². The van der Waals surface area contributed by atoms with Gasteiger partial charge in [0, 0.05) is 29.2 Å². The first-order chi connectivity index (χ1) is 15.1. The molecule has 6 nitrogen and oxygen atoms in total. The van der Waals surface area contributed by atoms with Crippen molar-refractivity contribution in [1.82, 2.24) is 9.78 Å². The van der Waals surface area contributed by atoms with Crippen LogP contribution in [0.1, 0.15) is 47.6 Å². The Kier molecular flexibility index (Phi) is 3.96. The molecule has 156 valence electrons. The summed E-state index contributed by atoms with van der Waals surface area (Å²) in [5, 5.41) is 8.47. The number of benzene rings is 2. The summed E-state index contributed by atoms with van der Waals surface area (Å²) in [6, 6.07) is 14.3. The van der Waals surface area contributed by atoms with E-state index in [2.05, 4.69) is 36.5 Å². The number of hydrogen-bond acceptors (Lipinski definition) is 5. The van der Waals surface area contributed by atoms with Crippen molar-refractivity contribution in [1.29, 1.82) is 0 Å². The van der Waals surface area contributed by atoms with Crippen LogP contribution in [-0.2, 0) is 4.79 Å². The SMILES string of the molecule is Cc1ccc(-n2nc(C)c3c2NC2=C(C(=O)CCC2)[C@@H]3c2ccc3c(c2)OCO3)cc1. The summed E-state index contributed by atoms with van der Waals surface area (Å²) < 4.78 is 13.1. The van der Waals surface area contributed by atoms with Gasteiger partial charge in [-0.05, 0) is 56.5 Å². The number of aromatic nitrogens is 2. The molecule has 3 heterocycles. The van der Waals surface area contributed by atoms with Crippen LogP contribution in [0.3, 0.4) is 0 Å². The number of aryl methyl sites for hydroxylation is 2. The Bertz CT molecular complexity index is 1250. The number of fused-ring (bicyclic) bond motifs is 2. The van der Waals surface area contributed by atoms with Gasteiger partial charge in [-0.15, -0.1) is 0 Å². The van der Waals surface area contributed by atoms with Gasteiger partial charge >= 0.3 is 0 Å². The minimum absolute atomic E-state index is 0.173. The van der Waals surface area contributed by atoms with Gasteiger partial charge in [-0.1, -0.05) is 23.8 Å². The highest BCUT2D eigenvalue weighted by molar-refractivity contribution is 6.01. The molecule has 2 aromatic carbocycles. The number of ether oxygens (including phenoxy) is 2. The van der Waals surface area contributed by atoms with E-state index in [0.29, 0.717) is 6.42 Å². The fraction of sp³-hybridized carbons (Fsp3) is 0.280. The molecule has 0 spiro atoms. The zero-order valence-electron chi connectivity index (χ0n) is 17.6. The smallest absolute Gasteiger partial charge is 0.231 e. The standard InChI is InChI=1S/C25H23N3O3/c1-14-6-9-17(10-7-14)28-25-22(15(2)27-28)23(24-18(26-25)4-3-5-19(24)29)16-8-11-20-21(12-16)31-13-30-20/h6-12,23,26H,3-5,13H2,1-2H3/t23-/m1/s1. The number of hydrogen-bond donors (Lipinski definition) is 1. The first kappa shape index (κ1) is 18.2. The molecule has 0 saturated heterocycles. The van der Waals surface area contributed by atoms with E-state index in [1.54, 1.807) is 0 Å². The fourth-order valence-electron chi connectivity index (χ4n) is 4.92. The molecule has 3 aromatic rings. The number of allylic oxidation sites excluding steroid dienone is 2. The van der Waals surface area contributed by atoms with Gasteiger partial charge < -0.3 is 14.8 Å². The Hall–Kier alpha value is -3.54. The van der Waals surface area contributed by atoms with E-state index in [1.165, 1.54) is 5.56 Å². The van der Waals surface area contributed by atoms with Gasteiger partial charge in [0.1, 0.15) is 5.82 Å². The topological polar surface area (TPSA) is 65.4 Å². The van der Waals surface area contributed by atoms with E-state index in [1.807, 2.05) is 29.8 Å². The lowest BCUT2D eigenvalue weighted by Crippen LogP contribution is -2.27. The Balaban J connectivity index is 1.57. The fourth-order valence-corrected chi connectivity index (χ4v) is 4.92. The average Bonchev–Trinajstić information content (AvgIpc) is 3.37. The number of carbonyl (C=O) groups excluding carboxylic acids is 1. The third-order valence-electron chi connectivity index (χ3n) is 6.42. The van der Waals surface area contributed by atoms with Crippen LogP contribution < -0.4 is 14.8 Å². The molecular weight excluding hydrogens is 390 g/mol. The van der Waals surface area contributed by atoms with Gasteiger partial charge in [0.25, 0.3) is 0 Å². The lowest BCUT2D eigenvalue weighted by molar-refractivity contribution is -0.116. The van der Waals surface area contributed by atoms with Crippen molar-refractivity contribution in [2.75, 3.05) is 12.1 Å². The first-order valence-corrected chi connectivity index (χ1v) is 10.7. The monoisotopic (exact) mass is 413 g/mol. The van der Waals surface area contributed by atoms with Gasteiger partial charge in [0.2, 0.25) is 6.79 Å². The molecule has 31 heavy (non-hydrogen) atoms. The van der Waals surface area contributed by atoms with Crippen LogP contribution in [0.15, 0.2) is 53.7 Å². The highest BCUT2D eigenvalue weighted by atomic mass is 16.7. The molecule has 0 bridgehead atoms. The number of nitrogens with zero attached hydrogens (tertiary/aromatic N) is 2. The lowest BCUT2D eigenvalue weighted by atomic mass is 9.76. The van der Waals surface area contributed by atoms with E-state index in [4.69, 9.17) is 14.6 Å². The van der Waals surface area contributed by atoms with Gasteiger partial charge in [0.15, 0.2) is 17.3 Å². The summed E-state index contributed by atoms with van der Waals surface area (Å²) in [7, 11) is 0. The number of ketones is 1. The zero-order chi connectivity index (χ0) is 21.1. The summed E-state index contributed by atoms with van der Waals surface area (Å²) in [6.07, 6.45) is 2.31. The molecular formula is C25H23N3O3. The van der Waals surface area contributed by atoms with E-state index >= 15 is 0 Å². The second-order valence-electron chi connectivity index (χ2n) is 8.43. The predicted octanol–water partition coefficient (Wildman–Crippen LogP) is 4.78. The zero-order valence-corrected chi connectivity index (χ0v) is 17.6. The number of rotatable bonds is 2. The number of nitrogens with one attached hydrogen (secondary N) is 1. The summed E-state index contributed by atoms with van der Waals surface area (Å²) in [5.74, 6) is 2.45. The van der Waals surface area contributed by atoms with Crippen molar-refractivity contribution in [2.45, 2.75) is 39.0 Å². The molecule has 3 aliphatic rings. The van der Waals surface area contributed by atoms with E-state index in [9.17, 15) is 4.79 Å². The quantitative estimate of drug-likeness (QED) is 0.655. The molecule has 1 aliphatic carbocycles. The van der Waals surface area contributed by atoms with Crippen molar-refractivity contribution in [3.8, 4) is 17.2 Å². The van der Waals surface area contributed by atoms with E-state index in [0.717, 1.165) is 63.9 Å². The van der Waals surface area contributed by atoms with Crippen molar-refractivity contribution < 1.29 is 14.3 Å². The average molecular weight is 413 g/mol. The Labute approximate surface area is 180 Å². The summed E-state index contributed by atoms with van der Waals surface area (Å²) >= 11 is 0. The van der Waals surface area contributed by atoms with Crippen LogP contribution in [0, 0.1) is 13.8 Å². The maximum atomic E-state index is 13.1. The van der Waals surface area contributed by atoms with E-state index in [-0.39, 0.29) is 18.5 Å². The third kappa shape index (κ3) is 2.78. The Morgan fingerprint density at radius 2 is 1.84 bits per heavy atom. The van der Waals surface area contributed by atoms with Crippen LogP contribution in [-0.4, -0.2) is 22.4 Å². The van der Waals surface area contributed by atoms with E-state index < -0.39 is 0 Å². The molecule has 2 aliphatic heterocycles. The summed E-state index contributed by atoms with van der Waals surface area (Å²) in [6.45, 7) is 4.32. The summed E-state index contributed by atoms with van der Waals surface area (Å²) in [4.78, 5) is 13.1. The highest BCUT2D eigenvalue weighted by Crippen LogP contribution is 2.48. The van der Waals surface area contributed by atoms with Crippen LogP contribution in [0.4, 0.5) is 5.82 Å². The highest BCUT2D eigenvalue weighted by Gasteiger charge is 2.39. The maximum absolute atomic E-state index is 13.1. The molecule has 0 radical (unpaired) electrons. The van der Waals surface area contributed by atoms with Crippen molar-refractivity contribution in [3.05, 3.63) is 76.1 Å². The van der Waals surface area contributed by atoms with Crippen LogP contribution in [0.25, 0.3) is 5.69 Å². The second-order valence-corrected chi connectivity index (χ2v) is 8.43. The van der Waals surface area contributed by atoms with Gasteiger partial charge in [-0.25, -0.2) is 4.68 Å². The van der Waals surface area contributed by atoms with Gasteiger partial charge in [0.05, 0.1) is 11.4 Å². The second kappa shape index (κ2) is 6.74. The Morgan fingerprint density at radius 3 is 2.68 bits per heavy atom. The molecule has 0 amide bonds. The third-order valence-corrected chi connectivity index (χ3v) is 6.42. The minimum atomic E-state index is -0.173. The molecule has 6 heteroatoms. The maximum Gasteiger partial charge on any atom is 0.231 e. The van der Waals surface area contributed by atoms with Crippen molar-refractivity contribution in [2.24, 2.45) is 0 Å². The molecule has 1 atom stereocenters. The molecule has 0 unspecified atom stereocenters. The number of anilines is 1. The number of Topliss-reactive ketones (excluding diaryl/α,β-unsaturated/α-hetero) is 1. The lowest BCUT2D eigenvalue weighted by Gasteiger charge is -2.33. The molecule has 1 aromatic heterocycles. The molecule has 6 rings (SSSR count). The van der Waals surface area contributed by atoms with Crippen LogP contribution in [0.5, 0.6) is 11.5 Å². The normalized spacial score (nSPS) is 19.2. The van der Waals surface area contributed by atoms with Crippen molar-refractivity contribution in [3.63, 3.8) is 0 Å². The van der Waals surface area contributed by atoms with Crippen LogP contribution >= 0.6 is 0 Å².